The van der Waals surface area contributed by atoms with Crippen molar-refractivity contribution in [1.82, 2.24) is 5.32 Å². The van der Waals surface area contributed by atoms with Crippen molar-refractivity contribution in [3.05, 3.63) is 29.8 Å². The molecule has 1 heterocycles. The average molecular weight is 289 g/mol. The van der Waals surface area contributed by atoms with Gasteiger partial charge in [0.25, 0.3) is 0 Å². The second-order valence-electron chi connectivity index (χ2n) is 6.56. The number of benzene rings is 1. The number of ether oxygens (including phenoxy) is 2. The highest BCUT2D eigenvalue weighted by Gasteiger charge is 2.40. The number of para-hydroxylation sites is 1. The zero-order valence-corrected chi connectivity index (χ0v) is 13.2. The van der Waals surface area contributed by atoms with Crippen molar-refractivity contribution in [1.29, 1.82) is 0 Å². The Morgan fingerprint density at radius 2 is 2.05 bits per heavy atom. The molecule has 1 N–H and O–H groups in total. The molecule has 3 rings (SSSR count). The molecular formula is C18H27NO2. The third-order valence-electron chi connectivity index (χ3n) is 5.10. The molecule has 1 saturated carbocycles. The Hall–Kier alpha value is -1.06. The molecule has 0 radical (unpaired) electrons. The van der Waals surface area contributed by atoms with E-state index in [1.54, 1.807) is 7.11 Å². The summed E-state index contributed by atoms with van der Waals surface area (Å²) in [6.07, 6.45) is 7.42. The molecule has 0 bridgehead atoms. The Bertz CT molecular complexity index is 468. The lowest BCUT2D eigenvalue weighted by Crippen LogP contribution is -2.46. The number of hydrogen-bond acceptors (Lipinski definition) is 3. The van der Waals surface area contributed by atoms with E-state index < -0.39 is 0 Å². The SMILES string of the molecule is COc1ccccc1[C@H](C)NC1CCOC2(CCCC2)C1. The Morgan fingerprint density at radius 3 is 2.81 bits per heavy atom. The van der Waals surface area contributed by atoms with Gasteiger partial charge in [0.1, 0.15) is 5.75 Å². The van der Waals surface area contributed by atoms with Crippen LogP contribution in [0.5, 0.6) is 5.75 Å². The summed E-state index contributed by atoms with van der Waals surface area (Å²) in [5.41, 5.74) is 1.42. The van der Waals surface area contributed by atoms with Gasteiger partial charge in [-0.25, -0.2) is 0 Å². The molecule has 3 heteroatoms. The Kier molecular flexibility index (Phi) is 4.51. The molecule has 21 heavy (non-hydrogen) atoms. The second-order valence-corrected chi connectivity index (χ2v) is 6.56. The lowest BCUT2D eigenvalue weighted by atomic mass is 9.88. The van der Waals surface area contributed by atoms with Crippen LogP contribution in [0.1, 0.15) is 57.1 Å². The van der Waals surface area contributed by atoms with Gasteiger partial charge in [0, 0.05) is 24.3 Å². The summed E-state index contributed by atoms with van der Waals surface area (Å²) in [5, 5.41) is 3.80. The highest BCUT2D eigenvalue weighted by Crippen LogP contribution is 2.40. The smallest absolute Gasteiger partial charge is 0.123 e. The first-order chi connectivity index (χ1) is 10.2. The van der Waals surface area contributed by atoms with Gasteiger partial charge in [-0.2, -0.15) is 0 Å². The molecule has 2 aliphatic rings. The minimum Gasteiger partial charge on any atom is -0.496 e. The molecule has 0 aromatic heterocycles. The first-order valence-corrected chi connectivity index (χ1v) is 8.25. The fourth-order valence-electron chi connectivity index (χ4n) is 4.01. The minimum atomic E-state index is 0.177. The van der Waals surface area contributed by atoms with E-state index in [0.717, 1.165) is 25.2 Å². The largest absolute Gasteiger partial charge is 0.496 e. The molecule has 1 saturated heterocycles. The van der Waals surface area contributed by atoms with E-state index >= 15 is 0 Å². The summed E-state index contributed by atoms with van der Waals surface area (Å²) in [7, 11) is 1.74. The quantitative estimate of drug-likeness (QED) is 0.913. The molecule has 1 unspecified atom stereocenters. The van der Waals surface area contributed by atoms with Gasteiger partial charge in [0.2, 0.25) is 0 Å². The van der Waals surface area contributed by atoms with Crippen LogP contribution in [0, 0.1) is 0 Å². The van der Waals surface area contributed by atoms with E-state index in [9.17, 15) is 0 Å². The Morgan fingerprint density at radius 1 is 1.29 bits per heavy atom. The van der Waals surface area contributed by atoms with Crippen molar-refractivity contribution in [3.63, 3.8) is 0 Å². The van der Waals surface area contributed by atoms with Crippen molar-refractivity contribution in [2.24, 2.45) is 0 Å². The maximum absolute atomic E-state index is 6.12. The Balaban J connectivity index is 1.65. The highest BCUT2D eigenvalue weighted by molar-refractivity contribution is 5.35. The van der Waals surface area contributed by atoms with Gasteiger partial charge in [0.05, 0.1) is 12.7 Å². The van der Waals surface area contributed by atoms with Crippen LogP contribution >= 0.6 is 0 Å². The molecule has 1 aromatic rings. The summed E-state index contributed by atoms with van der Waals surface area (Å²) in [5.74, 6) is 0.972. The normalized spacial score (nSPS) is 25.9. The number of rotatable bonds is 4. The maximum Gasteiger partial charge on any atom is 0.123 e. The molecule has 1 aromatic carbocycles. The van der Waals surface area contributed by atoms with E-state index in [1.807, 2.05) is 12.1 Å². The first kappa shape index (κ1) is 14.9. The average Bonchev–Trinajstić information content (AvgIpc) is 2.95. The summed E-state index contributed by atoms with van der Waals surface area (Å²) < 4.78 is 11.6. The van der Waals surface area contributed by atoms with Crippen LogP contribution in [-0.2, 0) is 4.74 Å². The molecule has 1 aliphatic heterocycles. The third kappa shape index (κ3) is 3.24. The highest BCUT2D eigenvalue weighted by atomic mass is 16.5. The fraction of sp³-hybridized carbons (Fsp3) is 0.667. The van der Waals surface area contributed by atoms with E-state index in [4.69, 9.17) is 9.47 Å². The minimum absolute atomic E-state index is 0.177. The van der Waals surface area contributed by atoms with Crippen molar-refractivity contribution < 1.29 is 9.47 Å². The topological polar surface area (TPSA) is 30.5 Å². The maximum atomic E-state index is 6.12. The van der Waals surface area contributed by atoms with Gasteiger partial charge in [-0.15, -0.1) is 0 Å². The van der Waals surface area contributed by atoms with Crippen molar-refractivity contribution in [2.75, 3.05) is 13.7 Å². The van der Waals surface area contributed by atoms with Crippen LogP contribution in [0.3, 0.4) is 0 Å². The van der Waals surface area contributed by atoms with E-state index in [0.29, 0.717) is 12.1 Å². The molecule has 1 spiro atoms. The predicted octanol–water partition coefficient (Wildman–Crippen LogP) is 3.84. The first-order valence-electron chi connectivity index (χ1n) is 8.25. The predicted molar refractivity (Wildman–Crippen MR) is 84.7 cm³/mol. The lowest BCUT2D eigenvalue weighted by molar-refractivity contribution is -0.0846. The van der Waals surface area contributed by atoms with Gasteiger partial charge >= 0.3 is 0 Å². The molecular weight excluding hydrogens is 262 g/mol. The van der Waals surface area contributed by atoms with Crippen molar-refractivity contribution in [3.8, 4) is 5.75 Å². The Labute approximate surface area is 128 Å². The zero-order valence-electron chi connectivity index (χ0n) is 13.2. The molecule has 116 valence electrons. The summed E-state index contributed by atoms with van der Waals surface area (Å²) in [6, 6.07) is 9.16. The van der Waals surface area contributed by atoms with Crippen LogP contribution in [-0.4, -0.2) is 25.4 Å². The van der Waals surface area contributed by atoms with Crippen LogP contribution in [0.4, 0.5) is 0 Å². The van der Waals surface area contributed by atoms with Crippen LogP contribution in [0.25, 0.3) is 0 Å². The van der Waals surface area contributed by atoms with Gasteiger partial charge < -0.3 is 14.8 Å². The number of hydrogen-bond donors (Lipinski definition) is 1. The summed E-state index contributed by atoms with van der Waals surface area (Å²) in [4.78, 5) is 0. The molecule has 2 fully saturated rings. The zero-order chi connectivity index (χ0) is 14.7. The van der Waals surface area contributed by atoms with E-state index in [-0.39, 0.29) is 5.60 Å². The van der Waals surface area contributed by atoms with Crippen LogP contribution in [0.2, 0.25) is 0 Å². The molecule has 0 amide bonds. The van der Waals surface area contributed by atoms with Gasteiger partial charge in [-0.1, -0.05) is 31.0 Å². The van der Waals surface area contributed by atoms with Gasteiger partial charge in [-0.05, 0) is 38.7 Å². The second kappa shape index (κ2) is 6.37. The third-order valence-corrected chi connectivity index (χ3v) is 5.10. The molecule has 3 nitrogen and oxygen atoms in total. The van der Waals surface area contributed by atoms with Crippen molar-refractivity contribution in [2.45, 2.75) is 63.1 Å². The fourth-order valence-corrected chi connectivity index (χ4v) is 4.01. The lowest BCUT2D eigenvalue weighted by Gasteiger charge is -2.39. The number of nitrogens with one attached hydrogen (secondary N) is 1. The van der Waals surface area contributed by atoms with Crippen LogP contribution in [0.15, 0.2) is 24.3 Å². The van der Waals surface area contributed by atoms with E-state index in [2.05, 4.69) is 24.4 Å². The van der Waals surface area contributed by atoms with Crippen LogP contribution < -0.4 is 10.1 Å². The van der Waals surface area contributed by atoms with Gasteiger partial charge in [-0.3, -0.25) is 0 Å². The molecule has 1 aliphatic carbocycles. The molecule has 2 atom stereocenters. The summed E-state index contributed by atoms with van der Waals surface area (Å²) >= 11 is 0. The summed E-state index contributed by atoms with van der Waals surface area (Å²) in [6.45, 7) is 3.13. The standard InChI is InChI=1S/C18H27NO2/c1-14(16-7-3-4-8-17(16)20-2)19-15-9-12-21-18(13-15)10-5-6-11-18/h3-4,7-8,14-15,19H,5-6,9-13H2,1-2H3/t14-,15?/m0/s1. The number of methoxy groups -OCH3 is 1. The van der Waals surface area contributed by atoms with Crippen molar-refractivity contribution >= 4 is 0 Å². The monoisotopic (exact) mass is 289 g/mol. The van der Waals surface area contributed by atoms with Gasteiger partial charge in [0.15, 0.2) is 0 Å². The van der Waals surface area contributed by atoms with E-state index in [1.165, 1.54) is 31.2 Å².